The van der Waals surface area contributed by atoms with E-state index in [1.807, 2.05) is 26.0 Å². The molecular weight excluding hydrogens is 380 g/mol. The molecule has 3 aromatic carbocycles. The molecule has 1 N–H and O–H groups in total. The first kappa shape index (κ1) is 19.4. The van der Waals surface area contributed by atoms with Crippen LogP contribution in [0, 0.1) is 13.8 Å². The van der Waals surface area contributed by atoms with Gasteiger partial charge < -0.3 is 10.1 Å². The summed E-state index contributed by atoms with van der Waals surface area (Å²) in [7, 11) is 1.45. The third-order valence-electron chi connectivity index (χ3n) is 5.24. The van der Waals surface area contributed by atoms with Crippen LogP contribution < -0.4 is 15.0 Å². The number of benzene rings is 3. The van der Waals surface area contributed by atoms with E-state index in [1.165, 1.54) is 7.11 Å². The largest absolute Gasteiger partial charge is 0.494 e. The third kappa shape index (κ3) is 3.22. The minimum absolute atomic E-state index is 0.256. The van der Waals surface area contributed by atoms with Gasteiger partial charge in [-0.15, -0.1) is 0 Å². The third-order valence-corrected chi connectivity index (χ3v) is 5.24. The van der Waals surface area contributed by atoms with E-state index in [0.717, 1.165) is 16.0 Å². The molecule has 3 amide bonds. The molecule has 0 bridgehead atoms. The van der Waals surface area contributed by atoms with Crippen molar-refractivity contribution in [2.45, 2.75) is 13.8 Å². The number of hydrogen-bond acceptors (Lipinski definition) is 4. The predicted molar refractivity (Wildman–Crippen MR) is 114 cm³/mol. The molecule has 0 unspecified atom stereocenters. The second kappa shape index (κ2) is 7.48. The molecule has 0 spiro atoms. The number of imide groups is 1. The lowest BCUT2D eigenvalue weighted by Crippen LogP contribution is -2.29. The SMILES string of the molecule is COc1cc(NC(=O)c2ccc(C)c(C)c2)ccc1N1C(=O)c2ccccc2C1=O. The number of nitrogens with zero attached hydrogens (tertiary/aromatic N) is 1. The monoisotopic (exact) mass is 400 g/mol. The van der Waals surface area contributed by atoms with E-state index >= 15 is 0 Å². The Morgan fingerprint density at radius 3 is 2.13 bits per heavy atom. The molecule has 6 heteroatoms. The van der Waals surface area contributed by atoms with Gasteiger partial charge in [0, 0.05) is 17.3 Å². The number of ether oxygens (including phenoxy) is 1. The summed E-state index contributed by atoms with van der Waals surface area (Å²) in [5.74, 6) is -0.752. The Labute approximate surface area is 174 Å². The van der Waals surface area contributed by atoms with Crippen molar-refractivity contribution >= 4 is 29.1 Å². The molecule has 6 nitrogen and oxygen atoms in total. The first-order valence-electron chi connectivity index (χ1n) is 9.45. The van der Waals surface area contributed by atoms with E-state index in [0.29, 0.717) is 33.8 Å². The maximum absolute atomic E-state index is 12.8. The van der Waals surface area contributed by atoms with Crippen LogP contribution in [0.4, 0.5) is 11.4 Å². The Morgan fingerprint density at radius 2 is 1.53 bits per heavy atom. The van der Waals surface area contributed by atoms with E-state index in [2.05, 4.69) is 5.32 Å². The van der Waals surface area contributed by atoms with Crippen LogP contribution in [0.5, 0.6) is 5.75 Å². The van der Waals surface area contributed by atoms with Crippen molar-refractivity contribution in [1.82, 2.24) is 0 Å². The molecule has 0 saturated heterocycles. The summed E-state index contributed by atoms with van der Waals surface area (Å²) in [5.41, 5.74) is 4.22. The van der Waals surface area contributed by atoms with E-state index in [4.69, 9.17) is 4.74 Å². The van der Waals surface area contributed by atoms with Gasteiger partial charge in [-0.3, -0.25) is 14.4 Å². The number of aryl methyl sites for hydroxylation is 2. The second-order valence-corrected chi connectivity index (χ2v) is 7.13. The van der Waals surface area contributed by atoms with Crippen molar-refractivity contribution in [3.8, 4) is 5.75 Å². The zero-order chi connectivity index (χ0) is 21.4. The van der Waals surface area contributed by atoms with Crippen LogP contribution in [0.2, 0.25) is 0 Å². The highest BCUT2D eigenvalue weighted by Crippen LogP contribution is 2.36. The molecule has 30 heavy (non-hydrogen) atoms. The fourth-order valence-corrected chi connectivity index (χ4v) is 3.43. The van der Waals surface area contributed by atoms with E-state index in [-0.39, 0.29) is 5.91 Å². The Bertz CT molecular complexity index is 1160. The van der Waals surface area contributed by atoms with Gasteiger partial charge in [0.25, 0.3) is 17.7 Å². The average molecular weight is 400 g/mol. The zero-order valence-electron chi connectivity index (χ0n) is 16.9. The van der Waals surface area contributed by atoms with Gasteiger partial charge >= 0.3 is 0 Å². The highest BCUT2D eigenvalue weighted by atomic mass is 16.5. The molecule has 0 saturated carbocycles. The zero-order valence-corrected chi connectivity index (χ0v) is 16.9. The van der Waals surface area contributed by atoms with Crippen LogP contribution in [-0.4, -0.2) is 24.8 Å². The molecule has 0 radical (unpaired) electrons. The topological polar surface area (TPSA) is 75.7 Å². The lowest BCUT2D eigenvalue weighted by molar-refractivity contribution is 0.0923. The summed E-state index contributed by atoms with van der Waals surface area (Å²) >= 11 is 0. The Morgan fingerprint density at radius 1 is 0.867 bits per heavy atom. The molecule has 1 aliphatic heterocycles. The fourth-order valence-electron chi connectivity index (χ4n) is 3.43. The van der Waals surface area contributed by atoms with Crippen molar-refractivity contribution in [1.29, 1.82) is 0 Å². The summed E-state index contributed by atoms with van der Waals surface area (Å²) in [4.78, 5) is 39.2. The molecule has 0 fully saturated rings. The molecule has 3 aromatic rings. The Balaban J connectivity index is 1.63. The van der Waals surface area contributed by atoms with Crippen LogP contribution in [0.3, 0.4) is 0 Å². The van der Waals surface area contributed by atoms with Gasteiger partial charge in [-0.1, -0.05) is 18.2 Å². The Hall–Kier alpha value is -3.93. The quantitative estimate of drug-likeness (QED) is 0.660. The predicted octanol–water partition coefficient (Wildman–Crippen LogP) is 4.36. The summed E-state index contributed by atoms with van der Waals surface area (Å²) in [6.07, 6.45) is 0. The minimum atomic E-state index is -0.402. The van der Waals surface area contributed by atoms with Gasteiger partial charge in [-0.05, 0) is 61.4 Å². The van der Waals surface area contributed by atoms with Gasteiger partial charge in [0.15, 0.2) is 0 Å². The molecule has 0 aliphatic carbocycles. The van der Waals surface area contributed by atoms with Crippen LogP contribution in [0.15, 0.2) is 60.7 Å². The maximum atomic E-state index is 12.8. The van der Waals surface area contributed by atoms with Gasteiger partial charge in [0.2, 0.25) is 0 Å². The number of carbonyl (C=O) groups excluding carboxylic acids is 3. The summed E-state index contributed by atoms with van der Waals surface area (Å²) in [6.45, 7) is 3.94. The average Bonchev–Trinajstić information content (AvgIpc) is 3.00. The van der Waals surface area contributed by atoms with Gasteiger partial charge in [-0.25, -0.2) is 4.90 Å². The number of rotatable bonds is 4. The van der Waals surface area contributed by atoms with Gasteiger partial charge in [0.1, 0.15) is 5.75 Å². The standard InChI is InChI=1S/C24H20N2O4/c1-14-8-9-16(12-15(14)2)22(27)25-17-10-11-20(21(13-17)30-3)26-23(28)18-6-4-5-7-19(18)24(26)29/h4-13H,1-3H3,(H,25,27). The molecule has 0 atom stereocenters. The van der Waals surface area contributed by atoms with Crippen molar-refractivity contribution in [3.05, 3.63) is 88.5 Å². The van der Waals surface area contributed by atoms with Crippen LogP contribution in [0.1, 0.15) is 42.2 Å². The minimum Gasteiger partial charge on any atom is -0.494 e. The van der Waals surface area contributed by atoms with Gasteiger partial charge in [0.05, 0.1) is 23.9 Å². The van der Waals surface area contributed by atoms with Crippen LogP contribution in [-0.2, 0) is 0 Å². The second-order valence-electron chi connectivity index (χ2n) is 7.13. The fraction of sp³-hybridized carbons (Fsp3) is 0.125. The number of amides is 3. The van der Waals surface area contributed by atoms with Crippen molar-refractivity contribution in [3.63, 3.8) is 0 Å². The van der Waals surface area contributed by atoms with E-state index in [9.17, 15) is 14.4 Å². The lowest BCUT2D eigenvalue weighted by atomic mass is 10.1. The molecule has 150 valence electrons. The smallest absolute Gasteiger partial charge is 0.266 e. The van der Waals surface area contributed by atoms with Crippen molar-refractivity contribution in [2.75, 3.05) is 17.3 Å². The number of fused-ring (bicyclic) bond motifs is 1. The number of nitrogens with one attached hydrogen (secondary N) is 1. The molecule has 1 heterocycles. The van der Waals surface area contributed by atoms with E-state index < -0.39 is 11.8 Å². The Kier molecular flexibility index (Phi) is 4.83. The van der Waals surface area contributed by atoms with Crippen LogP contribution in [0.25, 0.3) is 0 Å². The van der Waals surface area contributed by atoms with Crippen LogP contribution >= 0.6 is 0 Å². The first-order valence-corrected chi connectivity index (χ1v) is 9.45. The summed E-state index contributed by atoms with van der Waals surface area (Å²) in [5, 5.41) is 2.83. The summed E-state index contributed by atoms with van der Waals surface area (Å²) < 4.78 is 5.42. The molecule has 4 rings (SSSR count). The van der Waals surface area contributed by atoms with Crippen molar-refractivity contribution in [2.24, 2.45) is 0 Å². The number of carbonyl (C=O) groups is 3. The van der Waals surface area contributed by atoms with E-state index in [1.54, 1.807) is 48.5 Å². The van der Waals surface area contributed by atoms with Crippen molar-refractivity contribution < 1.29 is 19.1 Å². The highest BCUT2D eigenvalue weighted by Gasteiger charge is 2.37. The summed E-state index contributed by atoms with van der Waals surface area (Å²) in [6, 6.07) is 17.0. The number of methoxy groups -OCH3 is 1. The molecular formula is C24H20N2O4. The number of anilines is 2. The highest BCUT2D eigenvalue weighted by molar-refractivity contribution is 6.34. The molecule has 1 aliphatic rings. The molecule has 0 aromatic heterocycles. The first-order chi connectivity index (χ1) is 14.4. The number of hydrogen-bond donors (Lipinski definition) is 1. The maximum Gasteiger partial charge on any atom is 0.266 e. The lowest BCUT2D eigenvalue weighted by Gasteiger charge is -2.18. The normalized spacial score (nSPS) is 12.7. The van der Waals surface area contributed by atoms with Gasteiger partial charge in [-0.2, -0.15) is 0 Å².